The summed E-state index contributed by atoms with van der Waals surface area (Å²) in [5.74, 6) is -0.497. The van der Waals surface area contributed by atoms with Crippen LogP contribution in [0.3, 0.4) is 0 Å². The van der Waals surface area contributed by atoms with E-state index in [9.17, 15) is 9.59 Å². The van der Waals surface area contributed by atoms with Gasteiger partial charge in [-0.25, -0.2) is 0 Å². The first kappa shape index (κ1) is 17.3. The van der Waals surface area contributed by atoms with E-state index >= 15 is 0 Å². The van der Waals surface area contributed by atoms with Gasteiger partial charge in [0, 0.05) is 30.5 Å². The van der Waals surface area contributed by atoms with Crippen molar-refractivity contribution in [2.45, 2.75) is 46.6 Å². The quantitative estimate of drug-likeness (QED) is 0.760. The zero-order valence-electron chi connectivity index (χ0n) is 14.5. The molecule has 0 saturated heterocycles. The minimum absolute atomic E-state index is 0.211. The molecule has 126 valence electrons. The number of hydrogen-bond acceptors (Lipinski definition) is 3. The molecule has 2 N–H and O–H groups in total. The van der Waals surface area contributed by atoms with Crippen LogP contribution >= 0.6 is 0 Å². The molecule has 1 aromatic rings. The molecule has 0 heterocycles. The molecular weight excluding hydrogens is 290 g/mol. The predicted molar refractivity (Wildman–Crippen MR) is 93.6 cm³/mol. The van der Waals surface area contributed by atoms with Crippen molar-refractivity contribution in [2.75, 3.05) is 23.3 Å². The van der Waals surface area contributed by atoms with Gasteiger partial charge in [0.1, 0.15) is 5.41 Å². The average molecular weight is 317 g/mol. The van der Waals surface area contributed by atoms with Gasteiger partial charge < -0.3 is 15.5 Å². The van der Waals surface area contributed by atoms with Gasteiger partial charge in [0.15, 0.2) is 0 Å². The molecule has 2 rings (SSSR count). The molecular formula is C18H27N3O2. The fourth-order valence-electron chi connectivity index (χ4n) is 2.33. The highest BCUT2D eigenvalue weighted by Crippen LogP contribution is 2.25. The Morgan fingerprint density at radius 1 is 1.09 bits per heavy atom. The van der Waals surface area contributed by atoms with Gasteiger partial charge in [0.2, 0.25) is 11.8 Å². The maximum Gasteiger partial charge on any atom is 0.239 e. The summed E-state index contributed by atoms with van der Waals surface area (Å²) in [6.07, 6.45) is 2.02. The van der Waals surface area contributed by atoms with Crippen molar-refractivity contribution in [1.82, 2.24) is 5.32 Å². The molecule has 0 radical (unpaired) electrons. The van der Waals surface area contributed by atoms with Crippen LogP contribution in [0.25, 0.3) is 0 Å². The molecule has 1 aliphatic carbocycles. The molecule has 2 amide bonds. The Morgan fingerprint density at radius 3 is 2.13 bits per heavy atom. The molecule has 0 aromatic heterocycles. The first-order valence-electron chi connectivity index (χ1n) is 8.36. The molecule has 0 aliphatic heterocycles. The van der Waals surface area contributed by atoms with Crippen molar-refractivity contribution < 1.29 is 9.59 Å². The minimum atomic E-state index is -1.08. The number of benzene rings is 1. The van der Waals surface area contributed by atoms with E-state index in [-0.39, 0.29) is 17.9 Å². The van der Waals surface area contributed by atoms with Crippen LogP contribution in [0.1, 0.15) is 40.5 Å². The van der Waals surface area contributed by atoms with Gasteiger partial charge in [-0.3, -0.25) is 9.59 Å². The van der Waals surface area contributed by atoms with Gasteiger partial charge >= 0.3 is 0 Å². The van der Waals surface area contributed by atoms with E-state index in [1.807, 2.05) is 24.3 Å². The standard InChI is InChI=1S/C18H27N3O2/c1-5-21(6-2)15-11-9-14(10-12-15)20-17(23)18(3,4)16(22)19-13-7-8-13/h9-13H,5-8H2,1-4H3,(H,19,22)(H,20,23). The van der Waals surface area contributed by atoms with Crippen LogP contribution in [0.15, 0.2) is 24.3 Å². The second kappa shape index (κ2) is 7.02. The van der Waals surface area contributed by atoms with E-state index < -0.39 is 5.41 Å². The highest BCUT2D eigenvalue weighted by atomic mass is 16.2. The van der Waals surface area contributed by atoms with Crippen molar-refractivity contribution in [3.05, 3.63) is 24.3 Å². The minimum Gasteiger partial charge on any atom is -0.372 e. The Morgan fingerprint density at radius 2 is 1.65 bits per heavy atom. The summed E-state index contributed by atoms with van der Waals surface area (Å²) in [4.78, 5) is 26.9. The maximum atomic E-state index is 12.4. The third-order valence-electron chi connectivity index (χ3n) is 4.30. The molecule has 0 unspecified atom stereocenters. The summed E-state index contributed by atoms with van der Waals surface area (Å²) in [5, 5.41) is 5.73. The average Bonchev–Trinajstić information content (AvgIpc) is 3.34. The lowest BCUT2D eigenvalue weighted by Gasteiger charge is -2.23. The Bertz CT molecular complexity index is 558. The van der Waals surface area contributed by atoms with E-state index in [0.717, 1.165) is 31.6 Å². The van der Waals surface area contributed by atoms with Crippen molar-refractivity contribution in [1.29, 1.82) is 0 Å². The lowest BCUT2D eigenvalue weighted by Crippen LogP contribution is -2.45. The van der Waals surface area contributed by atoms with Gasteiger partial charge in [0.05, 0.1) is 0 Å². The summed E-state index contributed by atoms with van der Waals surface area (Å²) in [6, 6.07) is 7.98. The van der Waals surface area contributed by atoms with Gasteiger partial charge in [-0.15, -0.1) is 0 Å². The summed E-state index contributed by atoms with van der Waals surface area (Å²) in [6.45, 7) is 9.42. The predicted octanol–water partition coefficient (Wildman–Crippen LogP) is 2.78. The van der Waals surface area contributed by atoms with Crippen LogP contribution < -0.4 is 15.5 Å². The second-order valence-corrected chi connectivity index (χ2v) is 6.55. The molecule has 23 heavy (non-hydrogen) atoms. The normalized spacial score (nSPS) is 14.3. The van der Waals surface area contributed by atoms with Crippen LogP contribution in [0, 0.1) is 5.41 Å². The third kappa shape index (κ3) is 4.24. The topological polar surface area (TPSA) is 61.4 Å². The van der Waals surface area contributed by atoms with Crippen LogP contribution in [0.5, 0.6) is 0 Å². The lowest BCUT2D eigenvalue weighted by molar-refractivity contribution is -0.138. The number of hydrogen-bond donors (Lipinski definition) is 2. The Balaban J connectivity index is 1.99. The lowest BCUT2D eigenvalue weighted by atomic mass is 9.91. The number of carbonyl (C=O) groups excluding carboxylic acids is 2. The van der Waals surface area contributed by atoms with E-state index in [2.05, 4.69) is 29.4 Å². The number of nitrogens with one attached hydrogen (secondary N) is 2. The largest absolute Gasteiger partial charge is 0.372 e. The molecule has 5 nitrogen and oxygen atoms in total. The van der Waals surface area contributed by atoms with Gasteiger partial charge in [-0.2, -0.15) is 0 Å². The summed E-state index contributed by atoms with van der Waals surface area (Å²) in [7, 11) is 0. The second-order valence-electron chi connectivity index (χ2n) is 6.55. The fourth-order valence-corrected chi connectivity index (χ4v) is 2.33. The monoisotopic (exact) mass is 317 g/mol. The van der Waals surface area contributed by atoms with E-state index in [4.69, 9.17) is 0 Å². The van der Waals surface area contributed by atoms with E-state index in [1.165, 1.54) is 0 Å². The number of nitrogens with zero attached hydrogens (tertiary/aromatic N) is 1. The molecule has 0 atom stereocenters. The molecule has 5 heteroatoms. The van der Waals surface area contributed by atoms with Crippen LogP contribution in [-0.4, -0.2) is 30.9 Å². The third-order valence-corrected chi connectivity index (χ3v) is 4.30. The highest BCUT2D eigenvalue weighted by molar-refractivity contribution is 6.10. The summed E-state index contributed by atoms with van der Waals surface area (Å²) < 4.78 is 0. The van der Waals surface area contributed by atoms with Crippen molar-refractivity contribution in [2.24, 2.45) is 5.41 Å². The fraction of sp³-hybridized carbons (Fsp3) is 0.556. The number of carbonyl (C=O) groups is 2. The van der Waals surface area contributed by atoms with Gasteiger partial charge in [-0.05, 0) is 64.8 Å². The SMILES string of the molecule is CCN(CC)c1ccc(NC(=O)C(C)(C)C(=O)NC2CC2)cc1. The van der Waals surface area contributed by atoms with Crippen molar-refractivity contribution in [3.8, 4) is 0 Å². The maximum absolute atomic E-state index is 12.4. The molecule has 1 aromatic carbocycles. The number of amides is 2. The number of rotatable bonds is 7. The molecule has 1 aliphatic rings. The first-order chi connectivity index (χ1) is 10.9. The zero-order chi connectivity index (χ0) is 17.0. The smallest absolute Gasteiger partial charge is 0.239 e. The Labute approximate surface area is 138 Å². The molecule has 1 fully saturated rings. The van der Waals surface area contributed by atoms with Crippen LogP contribution in [0.4, 0.5) is 11.4 Å². The Hall–Kier alpha value is -2.04. The first-order valence-corrected chi connectivity index (χ1v) is 8.36. The zero-order valence-corrected chi connectivity index (χ0v) is 14.5. The number of anilines is 2. The highest BCUT2D eigenvalue weighted by Gasteiger charge is 2.38. The van der Waals surface area contributed by atoms with Crippen LogP contribution in [-0.2, 0) is 9.59 Å². The van der Waals surface area contributed by atoms with E-state index in [0.29, 0.717) is 5.69 Å². The molecule has 0 spiro atoms. The molecule has 0 bridgehead atoms. The van der Waals surface area contributed by atoms with Crippen LogP contribution in [0.2, 0.25) is 0 Å². The summed E-state index contributed by atoms with van der Waals surface area (Å²) in [5.41, 5.74) is 0.747. The summed E-state index contributed by atoms with van der Waals surface area (Å²) >= 11 is 0. The van der Waals surface area contributed by atoms with Crippen molar-refractivity contribution in [3.63, 3.8) is 0 Å². The molecule has 1 saturated carbocycles. The Kier molecular flexibility index (Phi) is 5.29. The van der Waals surface area contributed by atoms with Gasteiger partial charge in [0.25, 0.3) is 0 Å². The van der Waals surface area contributed by atoms with E-state index in [1.54, 1.807) is 13.8 Å². The van der Waals surface area contributed by atoms with Gasteiger partial charge in [-0.1, -0.05) is 0 Å². The van der Waals surface area contributed by atoms with Crippen molar-refractivity contribution >= 4 is 23.2 Å².